The first kappa shape index (κ1) is 10.4. The molecule has 0 radical (unpaired) electrons. The highest BCUT2D eigenvalue weighted by molar-refractivity contribution is 7.15. The maximum atomic E-state index is 4.95. The van der Waals surface area contributed by atoms with Crippen molar-refractivity contribution in [3.05, 3.63) is 5.01 Å². The van der Waals surface area contributed by atoms with Gasteiger partial charge in [0.1, 0.15) is 5.01 Å². The zero-order valence-electron chi connectivity index (χ0n) is 8.20. The fourth-order valence-electron chi connectivity index (χ4n) is 0.849. The Morgan fingerprint density at radius 3 is 2.85 bits per heavy atom. The molecule has 0 aromatic carbocycles. The highest BCUT2D eigenvalue weighted by Crippen LogP contribution is 2.16. The average molecular weight is 201 g/mol. The zero-order valence-corrected chi connectivity index (χ0v) is 9.02. The Hall–Kier alpha value is -0.680. The van der Waals surface area contributed by atoms with Crippen LogP contribution < -0.4 is 5.32 Å². The minimum atomic E-state index is 0.406. The lowest BCUT2D eigenvalue weighted by molar-refractivity contribution is 0.202. The molecule has 0 fully saturated rings. The fraction of sp³-hybridized carbons (Fsp3) is 0.750. The number of hydrogen-bond donors (Lipinski definition) is 1. The van der Waals surface area contributed by atoms with Gasteiger partial charge in [-0.1, -0.05) is 11.3 Å². The van der Waals surface area contributed by atoms with Gasteiger partial charge in [-0.05, 0) is 13.8 Å². The molecule has 1 N–H and O–H groups in total. The number of hydrogen-bond acceptors (Lipinski definition) is 5. The molecule has 0 bridgehead atoms. The molecular formula is C8H15N3OS. The maximum Gasteiger partial charge on any atom is 0.205 e. The van der Waals surface area contributed by atoms with Crippen molar-refractivity contribution in [2.24, 2.45) is 0 Å². The SMILES string of the molecule is COCCc1nnc(NC(C)C)s1. The van der Waals surface area contributed by atoms with Crippen LogP contribution in [0, 0.1) is 0 Å². The van der Waals surface area contributed by atoms with E-state index in [1.54, 1.807) is 18.4 Å². The molecule has 0 aliphatic rings. The summed E-state index contributed by atoms with van der Waals surface area (Å²) in [5.74, 6) is 0. The Morgan fingerprint density at radius 2 is 2.23 bits per heavy atom. The second-order valence-electron chi connectivity index (χ2n) is 3.04. The molecular weight excluding hydrogens is 186 g/mol. The van der Waals surface area contributed by atoms with Crippen LogP contribution in [0.4, 0.5) is 5.13 Å². The van der Waals surface area contributed by atoms with Gasteiger partial charge in [-0.3, -0.25) is 0 Å². The topological polar surface area (TPSA) is 47.0 Å². The molecule has 0 spiro atoms. The van der Waals surface area contributed by atoms with Gasteiger partial charge in [0.2, 0.25) is 5.13 Å². The summed E-state index contributed by atoms with van der Waals surface area (Å²) in [6.07, 6.45) is 0.841. The quantitative estimate of drug-likeness (QED) is 0.785. The molecule has 4 nitrogen and oxygen atoms in total. The molecule has 0 saturated carbocycles. The van der Waals surface area contributed by atoms with E-state index in [4.69, 9.17) is 4.74 Å². The van der Waals surface area contributed by atoms with E-state index >= 15 is 0 Å². The summed E-state index contributed by atoms with van der Waals surface area (Å²) in [4.78, 5) is 0. The predicted molar refractivity (Wildman–Crippen MR) is 54.2 cm³/mol. The van der Waals surface area contributed by atoms with Crippen molar-refractivity contribution < 1.29 is 4.74 Å². The smallest absolute Gasteiger partial charge is 0.205 e. The number of nitrogens with one attached hydrogen (secondary N) is 1. The summed E-state index contributed by atoms with van der Waals surface area (Å²) in [6.45, 7) is 4.86. The van der Waals surface area contributed by atoms with Crippen molar-refractivity contribution >= 4 is 16.5 Å². The van der Waals surface area contributed by atoms with Gasteiger partial charge in [0.25, 0.3) is 0 Å². The van der Waals surface area contributed by atoms with Crippen molar-refractivity contribution in [2.75, 3.05) is 19.0 Å². The predicted octanol–water partition coefficient (Wildman–Crippen LogP) is 1.55. The summed E-state index contributed by atoms with van der Waals surface area (Å²) < 4.78 is 4.95. The number of anilines is 1. The number of nitrogens with zero attached hydrogens (tertiary/aromatic N) is 2. The van der Waals surface area contributed by atoms with E-state index < -0.39 is 0 Å². The van der Waals surface area contributed by atoms with Gasteiger partial charge >= 0.3 is 0 Å². The summed E-state index contributed by atoms with van der Waals surface area (Å²) in [6, 6.07) is 0.406. The van der Waals surface area contributed by atoms with Crippen LogP contribution in [-0.4, -0.2) is 30.0 Å². The molecule has 13 heavy (non-hydrogen) atoms. The van der Waals surface area contributed by atoms with E-state index in [1.165, 1.54) is 0 Å². The summed E-state index contributed by atoms with van der Waals surface area (Å²) in [5.41, 5.74) is 0. The van der Waals surface area contributed by atoms with Crippen molar-refractivity contribution in [3.8, 4) is 0 Å². The third-order valence-corrected chi connectivity index (χ3v) is 2.31. The molecule has 5 heteroatoms. The molecule has 1 heterocycles. The van der Waals surface area contributed by atoms with E-state index in [-0.39, 0.29) is 0 Å². The Kier molecular flexibility index (Phi) is 4.11. The lowest BCUT2D eigenvalue weighted by atomic mass is 10.4. The van der Waals surface area contributed by atoms with Crippen LogP contribution in [-0.2, 0) is 11.2 Å². The van der Waals surface area contributed by atoms with Gasteiger partial charge < -0.3 is 10.1 Å². The average Bonchev–Trinajstić information content (AvgIpc) is 2.48. The molecule has 1 rings (SSSR count). The Balaban J connectivity index is 2.44. The molecule has 0 unspecified atom stereocenters. The fourth-order valence-corrected chi connectivity index (χ4v) is 1.72. The van der Waals surface area contributed by atoms with Gasteiger partial charge in [-0.25, -0.2) is 0 Å². The first-order valence-electron chi connectivity index (χ1n) is 4.30. The van der Waals surface area contributed by atoms with Gasteiger partial charge in [-0.15, -0.1) is 10.2 Å². The number of aromatic nitrogens is 2. The second-order valence-corrected chi connectivity index (χ2v) is 4.10. The lowest BCUT2D eigenvalue weighted by Crippen LogP contribution is -2.08. The second kappa shape index (κ2) is 5.14. The highest BCUT2D eigenvalue weighted by atomic mass is 32.1. The first-order valence-corrected chi connectivity index (χ1v) is 5.12. The van der Waals surface area contributed by atoms with E-state index in [1.807, 2.05) is 0 Å². The van der Waals surface area contributed by atoms with E-state index in [2.05, 4.69) is 29.4 Å². The monoisotopic (exact) mass is 201 g/mol. The number of ether oxygens (including phenoxy) is 1. The molecule has 0 saturated heterocycles. The molecule has 0 amide bonds. The minimum Gasteiger partial charge on any atom is -0.384 e. The summed E-state index contributed by atoms with van der Waals surface area (Å²) in [5, 5.41) is 13.2. The summed E-state index contributed by atoms with van der Waals surface area (Å²) in [7, 11) is 1.69. The Labute approximate surface area is 82.3 Å². The Bertz CT molecular complexity index is 249. The van der Waals surface area contributed by atoms with Crippen LogP contribution in [0.3, 0.4) is 0 Å². The first-order chi connectivity index (χ1) is 6.22. The molecule has 1 aromatic rings. The zero-order chi connectivity index (χ0) is 9.68. The van der Waals surface area contributed by atoms with Gasteiger partial charge in [0.15, 0.2) is 0 Å². The molecule has 74 valence electrons. The highest BCUT2D eigenvalue weighted by Gasteiger charge is 2.03. The van der Waals surface area contributed by atoms with Gasteiger partial charge in [-0.2, -0.15) is 0 Å². The molecule has 0 aliphatic heterocycles. The van der Waals surface area contributed by atoms with E-state index in [0.717, 1.165) is 16.6 Å². The third kappa shape index (κ3) is 3.69. The van der Waals surface area contributed by atoms with Crippen molar-refractivity contribution in [3.63, 3.8) is 0 Å². The third-order valence-electron chi connectivity index (χ3n) is 1.40. The van der Waals surface area contributed by atoms with Crippen molar-refractivity contribution in [2.45, 2.75) is 26.3 Å². The van der Waals surface area contributed by atoms with Crippen LogP contribution >= 0.6 is 11.3 Å². The normalized spacial score (nSPS) is 10.8. The lowest BCUT2D eigenvalue weighted by Gasteiger charge is -2.03. The van der Waals surface area contributed by atoms with E-state index in [9.17, 15) is 0 Å². The van der Waals surface area contributed by atoms with Crippen LogP contribution in [0.25, 0.3) is 0 Å². The van der Waals surface area contributed by atoms with Crippen molar-refractivity contribution in [1.29, 1.82) is 0 Å². The van der Waals surface area contributed by atoms with Crippen molar-refractivity contribution in [1.82, 2.24) is 10.2 Å². The van der Waals surface area contributed by atoms with E-state index in [0.29, 0.717) is 12.6 Å². The molecule has 1 aromatic heterocycles. The Morgan fingerprint density at radius 1 is 1.46 bits per heavy atom. The van der Waals surface area contributed by atoms with Gasteiger partial charge in [0, 0.05) is 19.6 Å². The number of rotatable bonds is 5. The standard InChI is InChI=1S/C8H15N3OS/c1-6(2)9-8-11-10-7(13-8)4-5-12-3/h6H,4-5H2,1-3H3,(H,9,11). The largest absolute Gasteiger partial charge is 0.384 e. The van der Waals surface area contributed by atoms with Gasteiger partial charge in [0.05, 0.1) is 6.61 Å². The minimum absolute atomic E-state index is 0.406. The molecule has 0 atom stereocenters. The maximum absolute atomic E-state index is 4.95. The van der Waals surface area contributed by atoms with Crippen LogP contribution in [0.15, 0.2) is 0 Å². The molecule has 0 aliphatic carbocycles. The van der Waals surface area contributed by atoms with Crippen LogP contribution in [0.5, 0.6) is 0 Å². The summed E-state index contributed by atoms with van der Waals surface area (Å²) >= 11 is 1.59. The van der Waals surface area contributed by atoms with Crippen LogP contribution in [0.2, 0.25) is 0 Å². The number of methoxy groups -OCH3 is 1. The van der Waals surface area contributed by atoms with Crippen LogP contribution in [0.1, 0.15) is 18.9 Å².